The van der Waals surface area contributed by atoms with E-state index >= 15 is 0 Å². The third-order valence-corrected chi connectivity index (χ3v) is 4.20. The van der Waals surface area contributed by atoms with Gasteiger partial charge in [-0.25, -0.2) is 4.98 Å². The first-order valence-electron chi connectivity index (χ1n) is 7.53. The van der Waals surface area contributed by atoms with Gasteiger partial charge in [0.25, 0.3) is 5.91 Å². The molecule has 0 bridgehead atoms. The second kappa shape index (κ2) is 4.98. The summed E-state index contributed by atoms with van der Waals surface area (Å²) in [6.45, 7) is 1.91. The molecule has 2 N–H and O–H groups in total. The van der Waals surface area contributed by atoms with Crippen LogP contribution in [0.3, 0.4) is 0 Å². The first-order valence-corrected chi connectivity index (χ1v) is 7.53. The number of nitrogens with zero attached hydrogens (tertiary/aromatic N) is 1. The van der Waals surface area contributed by atoms with Crippen LogP contribution in [0.25, 0.3) is 11.0 Å². The van der Waals surface area contributed by atoms with Gasteiger partial charge in [0.2, 0.25) is 0 Å². The Balaban J connectivity index is 1.48. The number of fused-ring (bicyclic) bond motifs is 1. The van der Waals surface area contributed by atoms with Gasteiger partial charge < -0.3 is 10.3 Å². The van der Waals surface area contributed by atoms with Crippen molar-refractivity contribution in [2.24, 2.45) is 0 Å². The standard InChI is InChI=1S/C18H17N3O/c1-11-19-15-8-7-13(9-17(15)20-11)18(22)21-16-10-14(16)12-5-3-2-4-6-12/h2-9,14,16H,10H2,1H3,(H,19,20)(H,21,22). The van der Waals surface area contributed by atoms with E-state index in [0.717, 1.165) is 23.3 Å². The maximum Gasteiger partial charge on any atom is 0.251 e. The fourth-order valence-electron chi connectivity index (χ4n) is 2.95. The van der Waals surface area contributed by atoms with Crippen LogP contribution in [-0.4, -0.2) is 21.9 Å². The number of hydrogen-bond donors (Lipinski definition) is 2. The molecule has 1 aliphatic carbocycles. The molecule has 0 aliphatic heterocycles. The second-order valence-electron chi connectivity index (χ2n) is 5.89. The highest BCUT2D eigenvalue weighted by Gasteiger charge is 2.39. The van der Waals surface area contributed by atoms with Crippen molar-refractivity contribution in [3.05, 3.63) is 65.5 Å². The number of benzene rings is 2. The van der Waals surface area contributed by atoms with Crippen LogP contribution >= 0.6 is 0 Å². The van der Waals surface area contributed by atoms with Crippen LogP contribution in [0.2, 0.25) is 0 Å². The molecule has 2 unspecified atom stereocenters. The number of H-pyrrole nitrogens is 1. The molecule has 2 atom stereocenters. The minimum atomic E-state index is -0.0161. The molecule has 1 heterocycles. The van der Waals surface area contributed by atoms with Crippen molar-refractivity contribution in [3.63, 3.8) is 0 Å². The molecule has 1 fully saturated rings. The second-order valence-corrected chi connectivity index (χ2v) is 5.89. The minimum Gasteiger partial charge on any atom is -0.349 e. The van der Waals surface area contributed by atoms with Gasteiger partial charge in [-0.3, -0.25) is 4.79 Å². The Morgan fingerprint density at radius 1 is 1.23 bits per heavy atom. The van der Waals surface area contributed by atoms with E-state index in [-0.39, 0.29) is 11.9 Å². The van der Waals surface area contributed by atoms with Crippen LogP contribution in [0, 0.1) is 6.92 Å². The minimum absolute atomic E-state index is 0.0161. The van der Waals surface area contributed by atoms with Crippen LogP contribution < -0.4 is 5.32 Å². The van der Waals surface area contributed by atoms with Gasteiger partial charge in [0.15, 0.2) is 0 Å². The normalized spacial score (nSPS) is 20.0. The topological polar surface area (TPSA) is 57.8 Å². The lowest BCUT2D eigenvalue weighted by Gasteiger charge is -2.05. The molecule has 110 valence electrons. The molecule has 0 radical (unpaired) electrons. The summed E-state index contributed by atoms with van der Waals surface area (Å²) in [5.74, 6) is 1.29. The van der Waals surface area contributed by atoms with E-state index in [0.29, 0.717) is 11.5 Å². The number of aromatic amines is 1. The van der Waals surface area contributed by atoms with Gasteiger partial charge >= 0.3 is 0 Å². The van der Waals surface area contributed by atoms with E-state index in [9.17, 15) is 4.79 Å². The molecule has 22 heavy (non-hydrogen) atoms. The summed E-state index contributed by atoms with van der Waals surface area (Å²) >= 11 is 0. The molecular weight excluding hydrogens is 274 g/mol. The van der Waals surface area contributed by atoms with Gasteiger partial charge in [-0.2, -0.15) is 0 Å². The smallest absolute Gasteiger partial charge is 0.251 e. The van der Waals surface area contributed by atoms with Crippen LogP contribution in [-0.2, 0) is 0 Å². The van der Waals surface area contributed by atoms with Gasteiger partial charge in [-0.05, 0) is 37.1 Å². The highest BCUT2D eigenvalue weighted by Crippen LogP contribution is 2.40. The van der Waals surface area contributed by atoms with Crippen molar-refractivity contribution in [1.82, 2.24) is 15.3 Å². The molecule has 0 saturated heterocycles. The maximum absolute atomic E-state index is 12.4. The zero-order valence-electron chi connectivity index (χ0n) is 12.3. The zero-order chi connectivity index (χ0) is 15.1. The number of nitrogens with one attached hydrogen (secondary N) is 2. The van der Waals surface area contributed by atoms with Gasteiger partial charge in [-0.15, -0.1) is 0 Å². The van der Waals surface area contributed by atoms with Crippen molar-refractivity contribution in [1.29, 1.82) is 0 Å². The van der Waals surface area contributed by atoms with Crippen molar-refractivity contribution < 1.29 is 4.79 Å². The lowest BCUT2D eigenvalue weighted by Crippen LogP contribution is -2.26. The Morgan fingerprint density at radius 3 is 2.86 bits per heavy atom. The fourth-order valence-corrected chi connectivity index (χ4v) is 2.95. The van der Waals surface area contributed by atoms with Gasteiger partial charge in [0.1, 0.15) is 5.82 Å². The van der Waals surface area contributed by atoms with E-state index in [4.69, 9.17) is 0 Å². The Hall–Kier alpha value is -2.62. The van der Waals surface area contributed by atoms with E-state index < -0.39 is 0 Å². The molecule has 4 rings (SSSR count). The lowest BCUT2D eigenvalue weighted by molar-refractivity contribution is 0.0950. The summed E-state index contributed by atoms with van der Waals surface area (Å²) < 4.78 is 0. The first kappa shape index (κ1) is 13.1. The SMILES string of the molecule is Cc1nc2ccc(C(=O)NC3CC3c3ccccc3)cc2[nH]1. The number of aryl methyl sites for hydroxylation is 1. The van der Waals surface area contributed by atoms with E-state index in [2.05, 4.69) is 27.4 Å². The fraction of sp³-hybridized carbons (Fsp3) is 0.222. The van der Waals surface area contributed by atoms with Crippen LogP contribution in [0.4, 0.5) is 0 Å². The number of amides is 1. The summed E-state index contributed by atoms with van der Waals surface area (Å²) in [6.07, 6.45) is 1.02. The molecule has 1 amide bonds. The summed E-state index contributed by atoms with van der Waals surface area (Å²) in [5, 5.41) is 3.12. The quantitative estimate of drug-likeness (QED) is 0.778. The third kappa shape index (κ3) is 2.37. The summed E-state index contributed by atoms with van der Waals surface area (Å²) in [7, 11) is 0. The highest BCUT2D eigenvalue weighted by molar-refractivity contribution is 5.97. The molecule has 2 aromatic carbocycles. The molecule has 0 spiro atoms. The molecule has 4 heteroatoms. The van der Waals surface area contributed by atoms with Gasteiger partial charge in [0, 0.05) is 17.5 Å². The number of carbonyl (C=O) groups is 1. The Labute approximate surface area is 128 Å². The molecule has 1 aromatic heterocycles. The average molecular weight is 291 g/mol. The van der Waals surface area contributed by atoms with E-state index in [1.165, 1.54) is 5.56 Å². The monoisotopic (exact) mass is 291 g/mol. The number of rotatable bonds is 3. The molecule has 4 nitrogen and oxygen atoms in total. The highest BCUT2D eigenvalue weighted by atomic mass is 16.1. The molecule has 1 aliphatic rings. The first-order chi connectivity index (χ1) is 10.7. The van der Waals surface area contributed by atoms with Crippen LogP contribution in [0.1, 0.15) is 34.1 Å². The number of aromatic nitrogens is 2. The van der Waals surface area contributed by atoms with Crippen molar-refractivity contribution in [2.75, 3.05) is 0 Å². The number of hydrogen-bond acceptors (Lipinski definition) is 2. The Morgan fingerprint density at radius 2 is 2.05 bits per heavy atom. The summed E-state index contributed by atoms with van der Waals surface area (Å²) in [5.41, 5.74) is 3.77. The molecule has 3 aromatic rings. The summed E-state index contributed by atoms with van der Waals surface area (Å²) in [6, 6.07) is 16.2. The molecule has 1 saturated carbocycles. The summed E-state index contributed by atoms with van der Waals surface area (Å²) in [4.78, 5) is 19.9. The van der Waals surface area contributed by atoms with E-state index in [1.807, 2.05) is 43.3 Å². The predicted octanol–water partition coefficient (Wildman–Crippen LogP) is 3.16. The third-order valence-electron chi connectivity index (χ3n) is 4.20. The predicted molar refractivity (Wildman–Crippen MR) is 85.9 cm³/mol. The zero-order valence-corrected chi connectivity index (χ0v) is 12.3. The molecular formula is C18H17N3O. The number of carbonyl (C=O) groups excluding carboxylic acids is 1. The number of imidazole rings is 1. The Bertz CT molecular complexity index is 838. The van der Waals surface area contributed by atoms with Gasteiger partial charge in [-0.1, -0.05) is 30.3 Å². The van der Waals surface area contributed by atoms with Gasteiger partial charge in [0.05, 0.1) is 11.0 Å². The van der Waals surface area contributed by atoms with Crippen molar-refractivity contribution in [3.8, 4) is 0 Å². The lowest BCUT2D eigenvalue weighted by atomic mass is 10.1. The largest absolute Gasteiger partial charge is 0.349 e. The van der Waals surface area contributed by atoms with Crippen molar-refractivity contribution >= 4 is 16.9 Å². The Kier molecular flexibility index (Phi) is 2.96. The van der Waals surface area contributed by atoms with E-state index in [1.54, 1.807) is 0 Å². The van der Waals surface area contributed by atoms with Crippen molar-refractivity contribution in [2.45, 2.75) is 25.3 Å². The van der Waals surface area contributed by atoms with Crippen LogP contribution in [0.15, 0.2) is 48.5 Å². The maximum atomic E-state index is 12.4. The average Bonchev–Trinajstić information content (AvgIpc) is 3.18. The van der Waals surface area contributed by atoms with Crippen LogP contribution in [0.5, 0.6) is 0 Å².